The Morgan fingerprint density at radius 3 is 2.40 bits per heavy atom. The van der Waals surface area contributed by atoms with Crippen molar-refractivity contribution in [2.24, 2.45) is 0 Å². The molecular weight excluding hydrogens is 311 g/mol. The van der Waals surface area contributed by atoms with Crippen molar-refractivity contribution in [1.82, 2.24) is 0 Å². The summed E-state index contributed by atoms with van der Waals surface area (Å²) in [5.74, 6) is 0.696. The molecule has 0 aliphatic heterocycles. The minimum atomic E-state index is -1.35. The summed E-state index contributed by atoms with van der Waals surface area (Å²) in [6.07, 6.45) is 9.25. The molecule has 0 N–H and O–H groups in total. The van der Waals surface area contributed by atoms with Gasteiger partial charge in [-0.15, -0.1) is 34.2 Å². The van der Waals surface area contributed by atoms with Gasteiger partial charge in [0.25, 0.3) is 0 Å². The Bertz CT molecular complexity index is 710. The second kappa shape index (κ2) is 8.56. The number of unbranched alkanes of at least 4 members (excludes halogenated alkanes) is 1. The van der Waals surface area contributed by atoms with Crippen LogP contribution in [0.2, 0.25) is 19.1 Å². The molecule has 1 atom stereocenters. The first-order valence-electron chi connectivity index (χ1n) is 10.2. The first-order chi connectivity index (χ1) is 11.5. The van der Waals surface area contributed by atoms with Crippen molar-refractivity contribution in [2.75, 3.05) is 0 Å². The van der Waals surface area contributed by atoms with Crippen LogP contribution in [0.1, 0.15) is 75.5 Å². The van der Waals surface area contributed by atoms with E-state index in [1.807, 2.05) is 0 Å². The second-order valence-corrected chi connectivity index (χ2v) is 13.5. The van der Waals surface area contributed by atoms with Crippen LogP contribution in [0.4, 0.5) is 0 Å². The SMILES string of the molecule is CCCC[Si](C)(C)[c-]1cc(C(C)CCC)c2cc3c(cc21)CCC3.[Li+]. The number of hydrogen-bond acceptors (Lipinski definition) is 0. The van der Waals surface area contributed by atoms with Crippen LogP contribution in [0.25, 0.3) is 10.8 Å². The predicted molar refractivity (Wildman–Crippen MR) is 112 cm³/mol. The smallest absolute Gasteiger partial charge is 0.150 e. The molecule has 0 aromatic heterocycles. The Labute approximate surface area is 168 Å². The average molecular weight is 347 g/mol. The van der Waals surface area contributed by atoms with Crippen molar-refractivity contribution < 1.29 is 18.9 Å². The normalized spacial score (nSPS) is 15.2. The summed E-state index contributed by atoms with van der Waals surface area (Å²) >= 11 is 0. The minimum absolute atomic E-state index is 0. The van der Waals surface area contributed by atoms with Gasteiger partial charge in [0.1, 0.15) is 0 Å². The molecule has 0 nitrogen and oxygen atoms in total. The fourth-order valence-corrected chi connectivity index (χ4v) is 7.70. The van der Waals surface area contributed by atoms with Gasteiger partial charge in [0.15, 0.2) is 0 Å². The predicted octanol–water partition coefficient (Wildman–Crippen LogP) is 3.67. The zero-order valence-electron chi connectivity index (χ0n) is 17.5. The van der Waals surface area contributed by atoms with Gasteiger partial charge < -0.3 is 0 Å². The number of benzene rings is 1. The van der Waals surface area contributed by atoms with Gasteiger partial charge in [-0.25, -0.2) is 0 Å². The Morgan fingerprint density at radius 2 is 1.76 bits per heavy atom. The fourth-order valence-electron chi connectivity index (χ4n) is 4.71. The van der Waals surface area contributed by atoms with E-state index in [0.29, 0.717) is 5.92 Å². The molecule has 0 saturated heterocycles. The van der Waals surface area contributed by atoms with Gasteiger partial charge in [-0.05, 0) is 19.3 Å². The van der Waals surface area contributed by atoms with Crippen molar-refractivity contribution in [1.29, 1.82) is 0 Å². The van der Waals surface area contributed by atoms with E-state index in [4.69, 9.17) is 0 Å². The number of aryl methyl sites for hydroxylation is 2. The van der Waals surface area contributed by atoms with Crippen LogP contribution < -0.4 is 24.0 Å². The van der Waals surface area contributed by atoms with Crippen LogP contribution in [0.5, 0.6) is 0 Å². The summed E-state index contributed by atoms with van der Waals surface area (Å²) in [4.78, 5) is 0. The molecule has 2 aromatic rings. The van der Waals surface area contributed by atoms with E-state index in [1.54, 1.807) is 32.6 Å². The maximum absolute atomic E-state index is 2.64. The molecule has 1 aliphatic carbocycles. The van der Waals surface area contributed by atoms with E-state index < -0.39 is 8.07 Å². The van der Waals surface area contributed by atoms with Crippen LogP contribution in [0, 0.1) is 0 Å². The summed E-state index contributed by atoms with van der Waals surface area (Å²) in [6.45, 7) is 12.3. The van der Waals surface area contributed by atoms with E-state index in [1.165, 1.54) is 51.0 Å². The molecule has 0 bridgehead atoms. The van der Waals surface area contributed by atoms with Gasteiger partial charge in [-0.1, -0.05) is 82.6 Å². The Balaban J connectivity index is 0.00000225. The van der Waals surface area contributed by atoms with Crippen LogP contribution in [-0.4, -0.2) is 8.07 Å². The molecule has 3 rings (SSSR count). The molecule has 132 valence electrons. The second-order valence-electron chi connectivity index (χ2n) is 8.71. The van der Waals surface area contributed by atoms with E-state index in [2.05, 4.69) is 52.1 Å². The standard InChI is InChI=1S/C23H35Si.Li/c1-6-8-13-24(4,5)23-16-20(17(3)10-7-2)21-14-18-11-9-12-19(18)15-22(21)23;/h14-17H,6-13H2,1-5H3;/q-1;+1. The van der Waals surface area contributed by atoms with E-state index in [-0.39, 0.29) is 18.9 Å². The van der Waals surface area contributed by atoms with Crippen LogP contribution in [-0.2, 0) is 12.8 Å². The molecule has 0 saturated carbocycles. The van der Waals surface area contributed by atoms with Gasteiger partial charge >= 0.3 is 18.9 Å². The molecule has 1 aliphatic rings. The average Bonchev–Trinajstić information content (AvgIpc) is 3.15. The molecule has 0 heterocycles. The molecular formula is C23H35LiSi. The number of fused-ring (bicyclic) bond motifs is 2. The molecule has 1 unspecified atom stereocenters. The van der Waals surface area contributed by atoms with Crippen molar-refractivity contribution in [3.8, 4) is 0 Å². The maximum Gasteiger partial charge on any atom is 1.00 e. The van der Waals surface area contributed by atoms with Crippen LogP contribution in [0.15, 0.2) is 18.2 Å². The Morgan fingerprint density at radius 1 is 1.08 bits per heavy atom. The third-order valence-electron chi connectivity index (χ3n) is 6.27. The van der Waals surface area contributed by atoms with Crippen LogP contribution in [0.3, 0.4) is 0 Å². The van der Waals surface area contributed by atoms with Gasteiger partial charge in [-0.2, -0.15) is 5.56 Å². The van der Waals surface area contributed by atoms with E-state index in [9.17, 15) is 0 Å². The summed E-state index contributed by atoms with van der Waals surface area (Å²) < 4.78 is 0. The van der Waals surface area contributed by atoms with Gasteiger partial charge in [0.05, 0.1) is 0 Å². The Hall–Kier alpha value is -0.356. The van der Waals surface area contributed by atoms with Gasteiger partial charge in [0, 0.05) is 8.07 Å². The van der Waals surface area contributed by atoms with Crippen molar-refractivity contribution >= 4 is 24.0 Å². The summed E-state index contributed by atoms with van der Waals surface area (Å²) in [6, 6.07) is 9.24. The molecule has 2 aromatic carbocycles. The largest absolute Gasteiger partial charge is 1.00 e. The fraction of sp³-hybridized carbons (Fsp3) is 0.609. The summed E-state index contributed by atoms with van der Waals surface area (Å²) in [7, 11) is -1.35. The quantitative estimate of drug-likeness (QED) is 0.530. The molecule has 0 amide bonds. The van der Waals surface area contributed by atoms with Gasteiger partial charge in [-0.3, -0.25) is 0 Å². The molecule has 0 spiro atoms. The van der Waals surface area contributed by atoms with E-state index in [0.717, 1.165) is 0 Å². The van der Waals surface area contributed by atoms with Crippen LogP contribution >= 0.6 is 0 Å². The molecule has 2 heteroatoms. The topological polar surface area (TPSA) is 0 Å². The maximum atomic E-state index is 2.64. The Kier molecular flexibility index (Phi) is 7.17. The first-order valence-corrected chi connectivity index (χ1v) is 13.4. The van der Waals surface area contributed by atoms with Crippen molar-refractivity contribution in [2.45, 2.75) is 90.8 Å². The third-order valence-corrected chi connectivity index (χ3v) is 9.75. The summed E-state index contributed by atoms with van der Waals surface area (Å²) in [5.41, 5.74) is 4.93. The first kappa shape index (κ1) is 21.0. The molecule has 25 heavy (non-hydrogen) atoms. The summed E-state index contributed by atoms with van der Waals surface area (Å²) in [5, 5.41) is 4.98. The van der Waals surface area contributed by atoms with Crippen molar-refractivity contribution in [3.63, 3.8) is 0 Å². The number of hydrogen-bond donors (Lipinski definition) is 0. The zero-order chi connectivity index (χ0) is 17.3. The monoisotopic (exact) mass is 346 g/mol. The molecule has 0 radical (unpaired) electrons. The van der Waals surface area contributed by atoms with Crippen molar-refractivity contribution in [3.05, 3.63) is 34.9 Å². The minimum Gasteiger partial charge on any atom is -0.150 e. The number of rotatable bonds is 7. The zero-order valence-corrected chi connectivity index (χ0v) is 18.5. The third kappa shape index (κ3) is 4.15. The molecule has 0 fully saturated rings. The van der Waals surface area contributed by atoms with E-state index >= 15 is 0 Å². The van der Waals surface area contributed by atoms with Gasteiger partial charge in [0.2, 0.25) is 0 Å².